The van der Waals surface area contributed by atoms with Crippen molar-refractivity contribution in [3.05, 3.63) is 149 Å². The number of carbonyl (C=O) groups excluding carboxylic acids is 6. The second-order valence-corrected chi connectivity index (χ2v) is 34.8. The molecule has 652 valence electrons. The number of aliphatic imine (C=N–C) groups is 2. The monoisotopic (exact) mass is 1740 g/mol. The van der Waals surface area contributed by atoms with Gasteiger partial charge >= 0.3 is 62.1 Å². The molecule has 0 aliphatic rings. The van der Waals surface area contributed by atoms with E-state index in [9.17, 15) is 51.6 Å². The Balaban J connectivity index is 0.00000162. The highest BCUT2D eigenvalue weighted by Gasteiger charge is 2.27. The van der Waals surface area contributed by atoms with E-state index in [4.69, 9.17) is 52.4 Å². The molecule has 0 bridgehead atoms. The first-order valence-electron chi connectivity index (χ1n) is 38.8. The van der Waals surface area contributed by atoms with Gasteiger partial charge in [0.25, 0.3) is 0 Å². The van der Waals surface area contributed by atoms with Crippen molar-refractivity contribution in [3.8, 4) is 0 Å². The van der Waals surface area contributed by atoms with Gasteiger partial charge in [0, 0.05) is 54.6 Å². The zero-order valence-corrected chi connectivity index (χ0v) is 73.8. The molecule has 5 aromatic carbocycles. The van der Waals surface area contributed by atoms with Gasteiger partial charge in [0.2, 0.25) is 12.2 Å². The molecular weight excluding hydrogens is 1620 g/mol. The van der Waals surface area contributed by atoms with Gasteiger partial charge in [-0.2, -0.15) is 0 Å². The minimum atomic E-state index is -4.13. The van der Waals surface area contributed by atoms with Crippen LogP contribution in [-0.2, 0) is 90.4 Å². The third-order valence-electron chi connectivity index (χ3n) is 15.8. The molecule has 0 radical (unpaired) electrons. The number of hydrogen-bond donors (Lipinski definition) is 13. The quantitative estimate of drug-likeness (QED) is 0.00565. The van der Waals surface area contributed by atoms with Crippen LogP contribution in [0.3, 0.4) is 0 Å². The number of amides is 8. The van der Waals surface area contributed by atoms with Gasteiger partial charge in [-0.15, -0.1) is 12.4 Å². The lowest BCUT2D eigenvalue weighted by atomic mass is 10.2. The minimum absolute atomic E-state index is 0. The van der Waals surface area contributed by atoms with Gasteiger partial charge in [-0.3, -0.25) is 22.8 Å². The Morgan fingerprint density at radius 2 is 0.552 bits per heavy atom. The number of nitrogen functional groups attached to an aromatic ring is 1. The third-order valence-corrected chi connectivity index (χ3v) is 23.5. The molecule has 5 rings (SSSR count). The van der Waals surface area contributed by atoms with Crippen LogP contribution in [0.1, 0.15) is 167 Å². The molecule has 0 atom stereocenters. The number of carbonyl (C=O) groups is 4. The summed E-state index contributed by atoms with van der Waals surface area (Å²) in [4.78, 5) is 113. The Bertz CT molecular complexity index is 3620. The summed E-state index contributed by atoms with van der Waals surface area (Å²) in [5.74, 6) is 0. The van der Waals surface area contributed by atoms with Crippen molar-refractivity contribution in [3.63, 3.8) is 0 Å². The number of benzene rings is 5. The predicted octanol–water partition coefficient (Wildman–Crippen LogP) is 17.3. The fraction of sp³-hybridized carbons (Fsp3) is 0.532. The van der Waals surface area contributed by atoms with E-state index in [1.165, 1.54) is 31.8 Å². The van der Waals surface area contributed by atoms with E-state index in [0.29, 0.717) is 118 Å². The molecule has 0 aromatic heterocycles. The molecule has 33 nitrogen and oxygen atoms in total. The summed E-state index contributed by atoms with van der Waals surface area (Å²) >= 11 is 0. The average molecular weight is 1750 g/mol. The summed E-state index contributed by atoms with van der Waals surface area (Å²) in [7, 11) is -17.6. The second kappa shape index (κ2) is 64.7. The van der Waals surface area contributed by atoms with Crippen molar-refractivity contribution in [2.75, 3.05) is 126 Å². The summed E-state index contributed by atoms with van der Waals surface area (Å²) in [6, 6.07) is 32.6. The SMILES string of the molecule is CCN(CC)CC.CCOP(=O)(Cc1ccc(N)cc1)OCC.CCOP(=O)(Cc1ccc(NC(=O)NCCCCCCNC(=O)Nc2ccc(CP(=O)(OCC)OCC)cc2)cc1)OCC.Cl.O=C(NCCCCCCNC(=O)Nc1ccc(CP(=O)(O)O)cc1)Nc1ccc(CP(=O)(O)O)cc1.O=C=NCCCCCCN=C=O. The molecule has 0 heterocycles. The standard InChI is InChI=1S/C30H48N4O8P2.C22H32N4O8P2.C11H18NO3P.C8H12N2O2.C6H15N.ClH/c1-5-39-43(37,40-6-2)23-25-13-17-27(18-14-25)33-29(35)31-21-11-9-10-12-22-32-30(36)34-28-19-15-26(16-20-28)24-44(38,41-7-3)42-8-4;27-21(25-19-9-5-17(6-10-19)15-35(29,30)31)23-13-3-1-2-4-14-24-22(28)26-20-11-7-18(8-12-20)16-36(32,33)34;1-3-14-16(13,15-4-2)9-10-5-7-11(12)8-6-10;11-7-9-5-3-1-2-4-6-10-8-12;1-4-7(5-2)6-3;/h13-20H,5-12,21-24H2,1-4H3,(H2,31,33,35)(H2,32,34,36);5-12H,1-4,13-16H2,(H2,23,25,27)(H2,24,26,28)(H2,29,30,31)(H2,32,33,34);5-8H,3-4,9,12H2,1-2H3;1-6H2;4-6H2,1-3H3;1H. The van der Waals surface area contributed by atoms with Gasteiger partial charge in [0.05, 0.1) is 83.5 Å². The first-order chi connectivity index (χ1) is 54.9. The van der Waals surface area contributed by atoms with Crippen LogP contribution in [0.15, 0.2) is 131 Å². The van der Waals surface area contributed by atoms with Gasteiger partial charge in [-0.05, 0) is 188 Å². The number of isocyanates is 2. The third kappa shape index (κ3) is 57.0. The lowest BCUT2D eigenvalue weighted by molar-refractivity contribution is 0.218. The Morgan fingerprint density at radius 3 is 0.741 bits per heavy atom. The number of rotatable bonds is 50. The van der Waals surface area contributed by atoms with Gasteiger partial charge < -0.3 is 99.9 Å². The molecule has 14 N–H and O–H groups in total. The van der Waals surface area contributed by atoms with Gasteiger partial charge in [-0.1, -0.05) is 120 Å². The maximum atomic E-state index is 12.7. The number of unbranched alkanes of at least 4 members (excludes halogenated alkanes) is 9. The number of nitrogens with two attached hydrogens (primary N) is 1. The number of nitrogens with one attached hydrogen (secondary N) is 8. The zero-order valence-electron chi connectivity index (χ0n) is 68.5. The maximum absolute atomic E-state index is 12.7. The van der Waals surface area contributed by atoms with Crippen molar-refractivity contribution in [2.24, 2.45) is 9.98 Å². The van der Waals surface area contributed by atoms with Crippen LogP contribution in [0.4, 0.5) is 47.6 Å². The summed E-state index contributed by atoms with van der Waals surface area (Å²) in [5, 5.41) is 22.0. The number of nitrogens with zero attached hydrogens (tertiary/aromatic N) is 3. The summed E-state index contributed by atoms with van der Waals surface area (Å²) in [6.45, 7) is 25.9. The predicted molar refractivity (Wildman–Crippen MR) is 462 cm³/mol. The number of halogens is 1. The Labute approximate surface area is 690 Å². The molecule has 8 amide bonds. The van der Waals surface area contributed by atoms with Gasteiger partial charge in [-0.25, -0.2) is 38.8 Å². The normalized spacial score (nSPS) is 11.1. The molecular formula is C77H126ClN12O21P5. The Hall–Kier alpha value is -7.26. The molecule has 0 unspecified atom stereocenters. The van der Waals surface area contributed by atoms with Crippen molar-refractivity contribution < 1.29 is 98.3 Å². The smallest absolute Gasteiger partial charge is 0.335 e. The van der Waals surface area contributed by atoms with E-state index in [1.807, 2.05) is 12.1 Å². The van der Waals surface area contributed by atoms with Crippen LogP contribution in [0.25, 0.3) is 0 Å². The fourth-order valence-corrected chi connectivity index (χ4v) is 16.8. The molecule has 0 aliphatic heterocycles. The van der Waals surface area contributed by atoms with Crippen LogP contribution in [0.5, 0.6) is 0 Å². The van der Waals surface area contributed by atoms with Crippen LogP contribution in [-0.4, -0.2) is 159 Å². The molecule has 39 heteroatoms. The highest BCUT2D eigenvalue weighted by Crippen LogP contribution is 2.53. The van der Waals surface area contributed by atoms with Crippen molar-refractivity contribution in [1.29, 1.82) is 0 Å². The van der Waals surface area contributed by atoms with Crippen LogP contribution >= 0.6 is 50.4 Å². The van der Waals surface area contributed by atoms with Crippen LogP contribution in [0, 0.1) is 0 Å². The van der Waals surface area contributed by atoms with Gasteiger partial charge in [0.1, 0.15) is 0 Å². The van der Waals surface area contributed by atoms with E-state index in [0.717, 1.165) is 93.7 Å². The summed E-state index contributed by atoms with van der Waals surface area (Å²) in [6.07, 6.45) is 13.4. The van der Waals surface area contributed by atoms with Crippen molar-refractivity contribution in [2.45, 2.75) is 170 Å². The number of urea groups is 4. The average Bonchev–Trinajstić information content (AvgIpc) is 0.863. The van der Waals surface area contributed by atoms with Gasteiger partial charge in [0.15, 0.2) is 0 Å². The van der Waals surface area contributed by atoms with Crippen molar-refractivity contribution in [1.82, 2.24) is 26.2 Å². The van der Waals surface area contributed by atoms with E-state index in [-0.39, 0.29) is 67.3 Å². The van der Waals surface area contributed by atoms with E-state index >= 15 is 0 Å². The topological polar surface area (TPSA) is 474 Å². The first kappa shape index (κ1) is 109. The number of hydrogen-bond acceptors (Lipinski definition) is 21. The lowest BCUT2D eigenvalue weighted by Crippen LogP contribution is -2.30. The molecule has 116 heavy (non-hydrogen) atoms. The largest absolute Gasteiger partial charge is 0.399 e. The molecule has 0 saturated carbocycles. The molecule has 0 fully saturated rings. The number of anilines is 5. The second-order valence-electron chi connectivity index (χ2n) is 25.3. The van der Waals surface area contributed by atoms with Crippen LogP contribution in [0.2, 0.25) is 0 Å². The molecule has 0 spiro atoms. The zero-order chi connectivity index (χ0) is 85.7. The molecule has 0 aliphatic carbocycles. The van der Waals surface area contributed by atoms with E-state index < -0.39 is 38.0 Å². The Kier molecular flexibility index (Phi) is 60.7. The van der Waals surface area contributed by atoms with Crippen LogP contribution < -0.4 is 48.3 Å². The summed E-state index contributed by atoms with van der Waals surface area (Å²) in [5.41, 5.74) is 12.0. The maximum Gasteiger partial charge on any atom is 0.335 e. The highest BCUT2D eigenvalue weighted by atomic mass is 35.5. The first-order valence-corrected chi connectivity index (χ1v) is 47.6. The lowest BCUT2D eigenvalue weighted by Gasteiger charge is -2.17. The highest BCUT2D eigenvalue weighted by molar-refractivity contribution is 7.53. The summed E-state index contributed by atoms with van der Waals surface area (Å²) < 4.78 is 91.3. The Morgan fingerprint density at radius 1 is 0.345 bits per heavy atom. The minimum Gasteiger partial charge on any atom is -0.399 e. The molecule has 5 aromatic rings. The molecule has 0 saturated heterocycles. The van der Waals surface area contributed by atoms with Crippen molar-refractivity contribution >= 4 is 115 Å². The fourth-order valence-electron chi connectivity index (χ4n) is 10.3. The van der Waals surface area contributed by atoms with E-state index in [2.05, 4.69) is 78.2 Å². The van der Waals surface area contributed by atoms with E-state index in [1.54, 1.807) is 151 Å².